The number of benzene rings is 1. The van der Waals surface area contributed by atoms with Crippen molar-refractivity contribution in [1.82, 2.24) is 4.57 Å². The number of para-hydroxylation sites is 1. The van der Waals surface area contributed by atoms with Crippen molar-refractivity contribution in [3.63, 3.8) is 0 Å². The van der Waals surface area contributed by atoms with Gasteiger partial charge in [0.2, 0.25) is 17.7 Å². The van der Waals surface area contributed by atoms with Gasteiger partial charge in [-0.3, -0.25) is 14.4 Å². The molecule has 2 aliphatic rings. The summed E-state index contributed by atoms with van der Waals surface area (Å²) in [6.45, 7) is 1.66. The summed E-state index contributed by atoms with van der Waals surface area (Å²) in [5, 5.41) is 0. The van der Waals surface area contributed by atoms with Crippen LogP contribution in [-0.4, -0.2) is 49.7 Å². The Morgan fingerprint density at radius 2 is 1.88 bits per heavy atom. The topological polar surface area (TPSA) is 156 Å². The summed E-state index contributed by atoms with van der Waals surface area (Å²) in [7, 11) is 2.63. The standard InChI is InChI=1S/C23H24N4O7/c1-12-10-15-17(20(29)26(12)8-9-32-2)23(18(19(25)34-15)21(30)33-3)13-6-4-5-7-14(13)27(22(23)31)11-16(24)28/h4-7,10H,8-9,11,25H2,1-3H3,(H2,24,28)/t23-/m1/s1. The molecule has 3 heterocycles. The van der Waals surface area contributed by atoms with Crippen molar-refractivity contribution < 1.29 is 28.6 Å². The van der Waals surface area contributed by atoms with Gasteiger partial charge in [0.15, 0.2) is 0 Å². The van der Waals surface area contributed by atoms with Crippen molar-refractivity contribution in [3.05, 3.63) is 69.0 Å². The van der Waals surface area contributed by atoms with Gasteiger partial charge in [0.25, 0.3) is 5.56 Å². The SMILES string of the molecule is COCCn1c(C)cc2c(c1=O)[C@@]1(C(=O)N(CC(N)=O)c3ccccc31)C(C(=O)OC)=C(N)O2. The van der Waals surface area contributed by atoms with Gasteiger partial charge in [0.1, 0.15) is 23.3 Å². The molecule has 1 aromatic carbocycles. The van der Waals surface area contributed by atoms with Gasteiger partial charge in [-0.25, -0.2) is 4.79 Å². The van der Waals surface area contributed by atoms with E-state index < -0.39 is 35.3 Å². The Morgan fingerprint density at radius 3 is 2.53 bits per heavy atom. The third-order valence-electron chi connectivity index (χ3n) is 6.07. The van der Waals surface area contributed by atoms with E-state index in [1.54, 1.807) is 37.3 Å². The highest BCUT2D eigenvalue weighted by atomic mass is 16.5. The second-order valence-corrected chi connectivity index (χ2v) is 7.93. The Bertz CT molecular complexity index is 1310. The van der Waals surface area contributed by atoms with Crippen LogP contribution in [0, 0.1) is 6.92 Å². The van der Waals surface area contributed by atoms with Gasteiger partial charge in [-0.1, -0.05) is 18.2 Å². The molecule has 4 rings (SSSR count). The molecule has 11 heteroatoms. The fourth-order valence-corrected chi connectivity index (χ4v) is 4.71. The van der Waals surface area contributed by atoms with Gasteiger partial charge in [-0.05, 0) is 13.0 Å². The molecule has 178 valence electrons. The lowest BCUT2D eigenvalue weighted by Gasteiger charge is -2.35. The summed E-state index contributed by atoms with van der Waals surface area (Å²) in [6.07, 6.45) is 0. The molecule has 0 aliphatic carbocycles. The zero-order valence-corrected chi connectivity index (χ0v) is 18.9. The molecule has 0 unspecified atom stereocenters. The maximum Gasteiger partial charge on any atom is 0.340 e. The summed E-state index contributed by atoms with van der Waals surface area (Å²) in [5.41, 5.74) is 9.72. The number of aryl methyl sites for hydroxylation is 1. The normalized spacial score (nSPS) is 18.6. The number of carbonyl (C=O) groups excluding carboxylic acids is 3. The first kappa shape index (κ1) is 23.1. The lowest BCUT2D eigenvalue weighted by Crippen LogP contribution is -2.53. The van der Waals surface area contributed by atoms with E-state index in [1.807, 2.05) is 0 Å². The van der Waals surface area contributed by atoms with Crippen molar-refractivity contribution in [2.24, 2.45) is 11.5 Å². The Morgan fingerprint density at radius 1 is 1.18 bits per heavy atom. The van der Waals surface area contributed by atoms with E-state index in [9.17, 15) is 19.2 Å². The smallest absolute Gasteiger partial charge is 0.340 e. The van der Waals surface area contributed by atoms with Crippen LogP contribution in [0.4, 0.5) is 5.69 Å². The van der Waals surface area contributed by atoms with Crippen molar-refractivity contribution in [2.45, 2.75) is 18.9 Å². The number of fused-ring (bicyclic) bond motifs is 4. The molecule has 0 bridgehead atoms. The minimum Gasteiger partial charge on any atom is -0.465 e. The number of anilines is 1. The molecular weight excluding hydrogens is 444 g/mol. The molecule has 2 aliphatic heterocycles. The van der Waals surface area contributed by atoms with Gasteiger partial charge in [0, 0.05) is 36.7 Å². The molecular formula is C23H24N4O7. The molecule has 1 spiro atoms. The second-order valence-electron chi connectivity index (χ2n) is 7.93. The Labute approximate surface area is 194 Å². The Balaban J connectivity index is 2.16. The minimum absolute atomic E-state index is 0.0328. The number of hydrogen-bond acceptors (Lipinski definition) is 8. The summed E-state index contributed by atoms with van der Waals surface area (Å²) in [5.74, 6) is -2.80. The number of esters is 1. The second kappa shape index (κ2) is 8.34. The molecule has 11 nitrogen and oxygen atoms in total. The number of carbonyl (C=O) groups is 3. The highest BCUT2D eigenvalue weighted by Gasteiger charge is 2.62. The first-order chi connectivity index (χ1) is 16.2. The lowest BCUT2D eigenvalue weighted by molar-refractivity contribution is -0.138. The molecule has 1 atom stereocenters. The predicted molar refractivity (Wildman–Crippen MR) is 120 cm³/mol. The van der Waals surface area contributed by atoms with E-state index in [0.717, 1.165) is 12.0 Å². The van der Waals surface area contributed by atoms with E-state index in [4.69, 9.17) is 25.7 Å². The molecule has 0 saturated carbocycles. The fourth-order valence-electron chi connectivity index (χ4n) is 4.71. The third kappa shape index (κ3) is 3.08. The first-order valence-corrected chi connectivity index (χ1v) is 10.4. The maximum absolute atomic E-state index is 14.2. The van der Waals surface area contributed by atoms with Crippen molar-refractivity contribution >= 4 is 23.5 Å². The van der Waals surface area contributed by atoms with Crippen molar-refractivity contribution in [3.8, 4) is 5.75 Å². The van der Waals surface area contributed by atoms with Crippen LogP contribution >= 0.6 is 0 Å². The molecule has 2 amide bonds. The lowest BCUT2D eigenvalue weighted by atomic mass is 9.68. The summed E-state index contributed by atoms with van der Waals surface area (Å²) in [6, 6.07) is 8.08. The van der Waals surface area contributed by atoms with Crippen LogP contribution in [-0.2, 0) is 35.8 Å². The highest BCUT2D eigenvalue weighted by molar-refractivity contribution is 6.19. The number of ether oxygens (including phenoxy) is 3. The summed E-state index contributed by atoms with van der Waals surface area (Å²) >= 11 is 0. The van der Waals surface area contributed by atoms with Crippen LogP contribution in [0.15, 0.2) is 46.6 Å². The number of primary amides is 1. The number of pyridine rings is 1. The molecule has 4 N–H and O–H groups in total. The van der Waals surface area contributed by atoms with Gasteiger partial charge >= 0.3 is 5.97 Å². The van der Waals surface area contributed by atoms with Crippen LogP contribution in [0.2, 0.25) is 0 Å². The summed E-state index contributed by atoms with van der Waals surface area (Å²) < 4.78 is 17.2. The van der Waals surface area contributed by atoms with Crippen molar-refractivity contribution in [1.29, 1.82) is 0 Å². The average Bonchev–Trinajstić information content (AvgIpc) is 3.01. The van der Waals surface area contributed by atoms with Gasteiger partial charge in [-0.2, -0.15) is 0 Å². The highest BCUT2D eigenvalue weighted by Crippen LogP contribution is 2.54. The molecule has 34 heavy (non-hydrogen) atoms. The van der Waals surface area contributed by atoms with E-state index >= 15 is 0 Å². The Kier molecular flexibility index (Phi) is 5.65. The van der Waals surface area contributed by atoms with Crippen LogP contribution in [0.25, 0.3) is 0 Å². The quantitative estimate of drug-likeness (QED) is 0.545. The number of methoxy groups -OCH3 is 2. The Hall–Kier alpha value is -4.12. The molecule has 2 aromatic rings. The predicted octanol–water partition coefficient (Wildman–Crippen LogP) is -0.343. The van der Waals surface area contributed by atoms with Gasteiger partial charge < -0.3 is 35.1 Å². The molecule has 0 saturated heterocycles. The van der Waals surface area contributed by atoms with E-state index in [2.05, 4.69) is 0 Å². The minimum atomic E-state index is -2.00. The van der Waals surface area contributed by atoms with E-state index in [0.29, 0.717) is 11.4 Å². The zero-order valence-electron chi connectivity index (χ0n) is 18.9. The number of amides is 2. The van der Waals surface area contributed by atoms with Gasteiger partial charge in [0.05, 0.1) is 19.3 Å². The van der Waals surface area contributed by atoms with E-state index in [1.165, 1.54) is 11.7 Å². The maximum atomic E-state index is 14.2. The van der Waals surface area contributed by atoms with Crippen LogP contribution < -0.4 is 26.7 Å². The largest absolute Gasteiger partial charge is 0.465 e. The van der Waals surface area contributed by atoms with Crippen LogP contribution in [0.1, 0.15) is 16.8 Å². The summed E-state index contributed by atoms with van der Waals surface area (Å²) in [4.78, 5) is 54.1. The number of nitrogens with zero attached hydrogens (tertiary/aromatic N) is 2. The van der Waals surface area contributed by atoms with Crippen LogP contribution in [0.5, 0.6) is 5.75 Å². The monoisotopic (exact) mass is 468 g/mol. The molecule has 0 fully saturated rings. The average molecular weight is 468 g/mol. The van der Waals surface area contributed by atoms with E-state index in [-0.39, 0.29) is 41.5 Å². The molecule has 1 aromatic heterocycles. The van der Waals surface area contributed by atoms with Crippen molar-refractivity contribution in [2.75, 3.05) is 32.3 Å². The number of hydrogen-bond donors (Lipinski definition) is 2. The molecule has 0 radical (unpaired) electrons. The van der Waals surface area contributed by atoms with Gasteiger partial charge in [-0.15, -0.1) is 0 Å². The fraction of sp³-hybridized carbons (Fsp3) is 0.304. The third-order valence-corrected chi connectivity index (χ3v) is 6.07. The van der Waals surface area contributed by atoms with Crippen LogP contribution in [0.3, 0.4) is 0 Å². The first-order valence-electron chi connectivity index (χ1n) is 10.4. The number of rotatable bonds is 6. The number of nitrogens with two attached hydrogens (primary N) is 2. The number of aromatic nitrogens is 1. The zero-order chi connectivity index (χ0) is 24.8.